The van der Waals surface area contributed by atoms with Gasteiger partial charge in [-0.05, 0) is 100 Å². The van der Waals surface area contributed by atoms with Crippen molar-refractivity contribution in [1.29, 1.82) is 0 Å². The van der Waals surface area contributed by atoms with Gasteiger partial charge >= 0.3 is 18.5 Å². The van der Waals surface area contributed by atoms with Crippen LogP contribution in [0.15, 0.2) is 40.7 Å². The van der Waals surface area contributed by atoms with Crippen LogP contribution in [0.2, 0.25) is 0 Å². The number of hydrogen-bond donors (Lipinski definition) is 2. The Hall–Kier alpha value is -4.03. The van der Waals surface area contributed by atoms with Gasteiger partial charge in [-0.25, -0.2) is 17.2 Å². The lowest BCUT2D eigenvalue weighted by Crippen LogP contribution is -2.50. The lowest BCUT2D eigenvalue weighted by Gasteiger charge is -2.36. The largest absolute Gasteiger partial charge is 0.484 e. The number of amidine groups is 1. The first kappa shape index (κ1) is 40.2. The van der Waals surface area contributed by atoms with Crippen molar-refractivity contribution in [2.75, 3.05) is 26.2 Å². The number of sulfonamides is 1. The number of rotatable bonds is 9. The summed E-state index contributed by atoms with van der Waals surface area (Å²) in [4.78, 5) is 32.3. The molecule has 0 aliphatic carbocycles. The quantitative estimate of drug-likeness (QED) is 0.315. The molecule has 0 saturated carbocycles. The fourth-order valence-electron chi connectivity index (χ4n) is 6.53. The van der Waals surface area contributed by atoms with Gasteiger partial charge in [0.1, 0.15) is 17.1 Å². The predicted octanol–water partition coefficient (Wildman–Crippen LogP) is 5.69. The molecule has 5 rings (SSSR count). The fraction of sp³-hybridized carbons (Fsp3) is 0.514. The van der Waals surface area contributed by atoms with E-state index in [0.717, 1.165) is 15.8 Å². The summed E-state index contributed by atoms with van der Waals surface area (Å²) in [5, 5.41) is 13.7. The number of piperidine rings is 2. The summed E-state index contributed by atoms with van der Waals surface area (Å²) in [5.41, 5.74) is -1.61. The molecule has 290 valence electrons. The summed E-state index contributed by atoms with van der Waals surface area (Å²) in [6.45, 7) is 6.27. The standard InChI is InChI=1S/C35H39F7N4O6S/c1-20-17-24(29(47)45-12-8-32(4,49)9-13-45)18-21(2)25(20)7-16-53(50,51)46-14-10-33(11-15-46)31(48)43-28(44-33)23-5-6-26(35(40,41)42)27(19-23)52-22(3)34(38,39)30(36)37/h5-7,16-19,22,30,49H,8-15H2,1-4H3,(H,43,44,48)/b16-7+. The van der Waals surface area contributed by atoms with Crippen LogP contribution in [0.3, 0.4) is 0 Å². The number of nitrogens with one attached hydrogen (secondary N) is 1. The molecule has 2 N–H and O–H groups in total. The van der Waals surface area contributed by atoms with Gasteiger partial charge in [0.2, 0.25) is 10.0 Å². The summed E-state index contributed by atoms with van der Waals surface area (Å²) in [7, 11) is -4.02. The number of aliphatic hydroxyl groups is 1. The number of aliphatic imine (C=N–C) groups is 1. The Morgan fingerprint density at radius 3 is 2.13 bits per heavy atom. The average Bonchev–Trinajstić information content (AvgIpc) is 3.38. The predicted molar refractivity (Wildman–Crippen MR) is 180 cm³/mol. The van der Waals surface area contributed by atoms with Crippen LogP contribution in [-0.2, 0) is 21.0 Å². The highest BCUT2D eigenvalue weighted by molar-refractivity contribution is 7.92. The third-order valence-electron chi connectivity index (χ3n) is 9.96. The van der Waals surface area contributed by atoms with Gasteiger partial charge in [0.05, 0.1) is 11.2 Å². The van der Waals surface area contributed by atoms with Crippen molar-refractivity contribution in [3.8, 4) is 5.75 Å². The van der Waals surface area contributed by atoms with Gasteiger partial charge in [-0.15, -0.1) is 0 Å². The molecule has 2 saturated heterocycles. The Bertz CT molecular complexity index is 1910. The van der Waals surface area contributed by atoms with E-state index >= 15 is 0 Å². The Morgan fingerprint density at radius 2 is 1.58 bits per heavy atom. The first-order valence-electron chi connectivity index (χ1n) is 16.7. The first-order valence-corrected chi connectivity index (χ1v) is 18.2. The second-order valence-corrected chi connectivity index (χ2v) is 15.8. The van der Waals surface area contributed by atoms with Gasteiger partial charge < -0.3 is 20.1 Å². The molecule has 2 aromatic carbocycles. The molecule has 10 nitrogen and oxygen atoms in total. The second-order valence-electron chi connectivity index (χ2n) is 13.9. The lowest BCUT2D eigenvalue weighted by molar-refractivity contribution is -0.180. The highest BCUT2D eigenvalue weighted by Crippen LogP contribution is 2.40. The Balaban J connectivity index is 1.29. The van der Waals surface area contributed by atoms with Crippen LogP contribution in [0.4, 0.5) is 30.7 Å². The maximum Gasteiger partial charge on any atom is 0.419 e. The van der Waals surface area contributed by atoms with Gasteiger partial charge in [0.15, 0.2) is 6.10 Å². The minimum Gasteiger partial charge on any atom is -0.484 e. The molecular formula is C35H39F7N4O6S. The van der Waals surface area contributed by atoms with E-state index in [2.05, 4.69) is 10.3 Å². The normalized spacial score (nSPS) is 20.2. The number of amides is 2. The number of hydrogen-bond acceptors (Lipinski definition) is 7. The molecule has 1 atom stereocenters. The molecule has 53 heavy (non-hydrogen) atoms. The van der Waals surface area contributed by atoms with Crippen molar-refractivity contribution in [3.63, 3.8) is 0 Å². The highest BCUT2D eigenvalue weighted by atomic mass is 32.2. The smallest absolute Gasteiger partial charge is 0.419 e. The van der Waals surface area contributed by atoms with E-state index in [-0.39, 0.29) is 43.2 Å². The third kappa shape index (κ3) is 8.38. The van der Waals surface area contributed by atoms with Crippen LogP contribution >= 0.6 is 0 Å². The molecular weight excluding hydrogens is 737 g/mol. The number of carbonyl (C=O) groups excluding carboxylic acids is 2. The zero-order chi connectivity index (χ0) is 39.3. The van der Waals surface area contributed by atoms with Crippen LogP contribution in [0.25, 0.3) is 6.08 Å². The maximum atomic E-state index is 13.8. The van der Waals surface area contributed by atoms with Crippen molar-refractivity contribution in [3.05, 3.63) is 69.1 Å². The molecule has 3 aliphatic heterocycles. The molecule has 1 spiro atoms. The molecule has 3 aliphatic rings. The van der Waals surface area contributed by atoms with Gasteiger partial charge in [0.25, 0.3) is 11.8 Å². The average molecular weight is 777 g/mol. The van der Waals surface area contributed by atoms with Crippen LogP contribution < -0.4 is 10.1 Å². The van der Waals surface area contributed by atoms with Crippen LogP contribution in [0.5, 0.6) is 5.75 Å². The number of aryl methyl sites for hydroxylation is 2. The number of halogens is 7. The van der Waals surface area contributed by atoms with Crippen molar-refractivity contribution in [2.24, 2.45) is 4.99 Å². The third-order valence-corrected chi connectivity index (χ3v) is 11.5. The fourth-order valence-corrected chi connectivity index (χ4v) is 7.70. The molecule has 3 heterocycles. The van der Waals surface area contributed by atoms with E-state index in [1.807, 2.05) is 0 Å². The summed E-state index contributed by atoms with van der Waals surface area (Å²) in [5.74, 6) is -7.01. The van der Waals surface area contributed by atoms with E-state index in [4.69, 9.17) is 4.74 Å². The zero-order valence-corrected chi connectivity index (χ0v) is 30.1. The second kappa shape index (κ2) is 14.3. The van der Waals surface area contributed by atoms with Crippen molar-refractivity contribution in [2.45, 2.75) is 89.1 Å². The molecule has 2 aromatic rings. The number of nitrogens with zero attached hydrogens (tertiary/aromatic N) is 3. The Kier molecular flexibility index (Phi) is 10.9. The van der Waals surface area contributed by atoms with Crippen molar-refractivity contribution in [1.82, 2.24) is 14.5 Å². The van der Waals surface area contributed by atoms with Crippen molar-refractivity contribution >= 4 is 33.7 Å². The number of alkyl halides is 7. The van der Waals surface area contributed by atoms with Crippen LogP contribution in [0.1, 0.15) is 77.7 Å². The molecule has 0 bridgehead atoms. The Morgan fingerprint density at radius 1 is 1.00 bits per heavy atom. The zero-order valence-electron chi connectivity index (χ0n) is 29.2. The van der Waals surface area contributed by atoms with Crippen molar-refractivity contribution < 1.29 is 58.6 Å². The number of ether oxygens (including phenoxy) is 1. The molecule has 0 radical (unpaired) electrons. The van der Waals surface area contributed by atoms with Gasteiger partial charge in [-0.1, -0.05) is 6.07 Å². The lowest BCUT2D eigenvalue weighted by atomic mass is 9.89. The monoisotopic (exact) mass is 776 g/mol. The maximum absolute atomic E-state index is 13.8. The summed E-state index contributed by atoms with van der Waals surface area (Å²) < 4.78 is 127. The number of benzene rings is 2. The minimum atomic E-state index is -5.10. The van der Waals surface area contributed by atoms with Crippen LogP contribution in [-0.4, -0.2) is 96.2 Å². The van der Waals surface area contributed by atoms with Gasteiger partial charge in [-0.3, -0.25) is 14.6 Å². The van der Waals surface area contributed by atoms with E-state index in [9.17, 15) is 53.8 Å². The molecule has 0 aromatic heterocycles. The van der Waals surface area contributed by atoms with E-state index in [0.29, 0.717) is 67.2 Å². The molecule has 2 fully saturated rings. The van der Waals surface area contributed by atoms with Gasteiger partial charge in [0, 0.05) is 42.7 Å². The summed E-state index contributed by atoms with van der Waals surface area (Å²) >= 11 is 0. The van der Waals surface area contributed by atoms with E-state index in [1.165, 1.54) is 6.08 Å². The minimum absolute atomic E-state index is 0.0994. The Labute approximate surface area is 301 Å². The van der Waals surface area contributed by atoms with Crippen LogP contribution in [0, 0.1) is 13.8 Å². The summed E-state index contributed by atoms with van der Waals surface area (Å²) in [6.07, 6.45) is -9.81. The summed E-state index contributed by atoms with van der Waals surface area (Å²) in [6, 6.07) is 5.44. The highest BCUT2D eigenvalue weighted by Gasteiger charge is 2.50. The number of likely N-dealkylation sites (tertiary alicyclic amines) is 1. The first-order chi connectivity index (χ1) is 24.5. The SMILES string of the molecule is Cc1cc(C(=O)N2CCC(C)(O)CC2)cc(C)c1/C=C/S(=O)(=O)N1CCC2(CC1)N=C(c1ccc(C(F)(F)F)c(OC(C)C(F)(F)C(F)F)c1)NC2=O. The van der Waals surface area contributed by atoms with Gasteiger partial charge in [-0.2, -0.15) is 26.3 Å². The van der Waals surface area contributed by atoms with E-state index < -0.39 is 63.0 Å². The molecule has 18 heteroatoms. The van der Waals surface area contributed by atoms with E-state index in [1.54, 1.807) is 37.8 Å². The molecule has 1 unspecified atom stereocenters. The molecule has 2 amide bonds. The topological polar surface area (TPSA) is 129 Å². The number of carbonyl (C=O) groups is 2.